The van der Waals surface area contributed by atoms with Crippen molar-refractivity contribution in [2.75, 3.05) is 0 Å². The number of carbonyl (C=O) groups is 1. The minimum absolute atomic E-state index is 0. The molecule has 0 bridgehead atoms. The number of pyridine rings is 1. The van der Waals surface area contributed by atoms with Crippen LogP contribution in [0.15, 0.2) is 59.8 Å². The van der Waals surface area contributed by atoms with E-state index < -0.39 is 0 Å². The third kappa shape index (κ3) is 5.71. The van der Waals surface area contributed by atoms with Crippen molar-refractivity contribution in [2.24, 2.45) is 0 Å². The number of aromatic nitrogens is 1. The Kier molecular flexibility index (Phi) is 7.82. The topological polar surface area (TPSA) is 50.2 Å². The van der Waals surface area contributed by atoms with Gasteiger partial charge in [-0.25, -0.2) is 0 Å². The Bertz CT molecular complexity index is 793. The molecule has 0 aliphatic heterocycles. The molecule has 3 rings (SSSR count). The summed E-state index contributed by atoms with van der Waals surface area (Å²) in [6.07, 6.45) is 3.02. The number of hydrogen-bond donors (Lipinski definition) is 1. The normalized spacial score (nSPS) is 10.4. The molecule has 0 aliphatic rings. The molecule has 2 heterocycles. The first kappa shape index (κ1) is 19.2. The third-order valence-electron chi connectivity index (χ3n) is 2.76. The average molecular weight is 503 g/mol. The fourth-order valence-electron chi connectivity index (χ4n) is 1.94. The summed E-state index contributed by atoms with van der Waals surface area (Å²) in [6, 6.07) is 15.3. The first-order chi connectivity index (χ1) is 10.6. The van der Waals surface area contributed by atoms with Gasteiger partial charge in [0.2, 0.25) is 0 Å². The van der Waals surface area contributed by atoms with E-state index in [0.717, 1.165) is 11.3 Å². The fraction of sp³-hybridized carbons (Fsp3) is 0.111. The molecule has 0 spiro atoms. The van der Waals surface area contributed by atoms with E-state index in [2.05, 4.69) is 22.5 Å². The molecule has 0 amide bonds. The van der Waals surface area contributed by atoms with E-state index in [1.54, 1.807) is 11.3 Å². The standard InChI is InChI=1S/C13H8NS.C5H8O2.Ir/c1-2-4-10(5-3-1)13-11-7-9-15-12(11)6-8-14-13;1-4(6)3-5(2)7;/h1-4,6-9H;3,6H,1-2H3;/q-1;;/b;4-3-;. The second kappa shape index (κ2) is 9.36. The van der Waals surface area contributed by atoms with Crippen molar-refractivity contribution >= 4 is 27.2 Å². The Morgan fingerprint density at radius 3 is 2.61 bits per heavy atom. The summed E-state index contributed by atoms with van der Waals surface area (Å²) in [4.78, 5) is 14.4. The predicted octanol–water partition coefficient (Wildman–Crippen LogP) is 4.80. The van der Waals surface area contributed by atoms with Crippen LogP contribution in [0.4, 0.5) is 0 Å². The first-order valence-electron chi connectivity index (χ1n) is 6.75. The molecule has 121 valence electrons. The molecule has 0 atom stereocenters. The largest absolute Gasteiger partial charge is 0.512 e. The zero-order chi connectivity index (χ0) is 15.9. The molecular formula is C18H16IrNO2S-. The third-order valence-corrected chi connectivity index (χ3v) is 3.64. The smallest absolute Gasteiger partial charge is 0.155 e. The van der Waals surface area contributed by atoms with E-state index in [4.69, 9.17) is 5.11 Å². The Balaban J connectivity index is 0.000000287. The molecule has 5 heteroatoms. The number of rotatable bonds is 2. The van der Waals surface area contributed by atoms with Gasteiger partial charge in [0.1, 0.15) is 0 Å². The summed E-state index contributed by atoms with van der Waals surface area (Å²) in [5.41, 5.74) is 2.08. The van der Waals surface area contributed by atoms with Crippen molar-refractivity contribution in [2.45, 2.75) is 13.8 Å². The summed E-state index contributed by atoms with van der Waals surface area (Å²) in [5.74, 6) is -0.0625. The number of aliphatic hydroxyl groups excluding tert-OH is 1. The summed E-state index contributed by atoms with van der Waals surface area (Å²) in [6.45, 7) is 2.85. The van der Waals surface area contributed by atoms with Crippen LogP contribution in [-0.4, -0.2) is 15.9 Å². The van der Waals surface area contributed by atoms with Crippen molar-refractivity contribution in [1.82, 2.24) is 4.98 Å². The van der Waals surface area contributed by atoms with Crippen LogP contribution in [0.2, 0.25) is 0 Å². The van der Waals surface area contributed by atoms with Crippen LogP contribution >= 0.6 is 11.3 Å². The maximum atomic E-state index is 10.0. The molecule has 1 radical (unpaired) electrons. The Morgan fingerprint density at radius 1 is 1.26 bits per heavy atom. The average Bonchev–Trinajstić information content (AvgIpc) is 2.95. The Labute approximate surface area is 153 Å². The van der Waals surface area contributed by atoms with Crippen LogP contribution in [0.25, 0.3) is 21.3 Å². The molecular weight excluding hydrogens is 486 g/mol. The zero-order valence-corrected chi connectivity index (χ0v) is 16.0. The van der Waals surface area contributed by atoms with E-state index in [-0.39, 0.29) is 31.6 Å². The van der Waals surface area contributed by atoms with Crippen LogP contribution < -0.4 is 0 Å². The second-order valence-electron chi connectivity index (χ2n) is 4.66. The molecule has 3 nitrogen and oxygen atoms in total. The van der Waals surface area contributed by atoms with Crippen molar-refractivity contribution in [1.29, 1.82) is 0 Å². The summed E-state index contributed by atoms with van der Waals surface area (Å²) in [5, 5.41) is 11.7. The molecule has 0 saturated heterocycles. The van der Waals surface area contributed by atoms with Gasteiger partial charge in [-0.1, -0.05) is 6.07 Å². The van der Waals surface area contributed by atoms with E-state index in [0.29, 0.717) is 0 Å². The summed E-state index contributed by atoms with van der Waals surface area (Å²) >= 11 is 1.74. The number of ketones is 1. The maximum absolute atomic E-state index is 10.0. The van der Waals surface area contributed by atoms with Crippen LogP contribution in [0.5, 0.6) is 0 Å². The number of allylic oxidation sites excluding steroid dienone is 2. The Morgan fingerprint density at radius 2 is 2.04 bits per heavy atom. The molecule has 2 aromatic heterocycles. The van der Waals surface area contributed by atoms with Gasteiger partial charge in [-0.2, -0.15) is 0 Å². The zero-order valence-electron chi connectivity index (χ0n) is 12.7. The maximum Gasteiger partial charge on any atom is 0.155 e. The first-order valence-corrected chi connectivity index (χ1v) is 7.63. The molecule has 23 heavy (non-hydrogen) atoms. The van der Waals surface area contributed by atoms with E-state index in [9.17, 15) is 4.79 Å². The van der Waals surface area contributed by atoms with Crippen LogP contribution in [0, 0.1) is 6.07 Å². The van der Waals surface area contributed by atoms with Gasteiger partial charge < -0.3 is 10.1 Å². The molecule has 0 aliphatic carbocycles. The van der Waals surface area contributed by atoms with Gasteiger partial charge in [-0.15, -0.1) is 47.2 Å². The number of benzene rings is 1. The van der Waals surface area contributed by atoms with Gasteiger partial charge in [0.05, 0.1) is 5.76 Å². The van der Waals surface area contributed by atoms with Gasteiger partial charge in [-0.05, 0) is 36.4 Å². The minimum Gasteiger partial charge on any atom is -0.512 e. The number of aliphatic hydroxyl groups is 1. The summed E-state index contributed by atoms with van der Waals surface area (Å²) < 4.78 is 1.28. The van der Waals surface area contributed by atoms with Gasteiger partial charge in [0.15, 0.2) is 5.78 Å². The monoisotopic (exact) mass is 503 g/mol. The van der Waals surface area contributed by atoms with Gasteiger partial charge in [0.25, 0.3) is 0 Å². The molecule has 0 saturated carbocycles. The van der Waals surface area contributed by atoms with Crippen molar-refractivity contribution in [3.05, 3.63) is 65.9 Å². The minimum atomic E-state index is -0.125. The van der Waals surface area contributed by atoms with Crippen molar-refractivity contribution in [3.63, 3.8) is 0 Å². The Hall–Kier alpha value is -1.81. The van der Waals surface area contributed by atoms with Gasteiger partial charge in [0, 0.05) is 37.1 Å². The number of fused-ring (bicyclic) bond motifs is 1. The molecule has 3 aromatic rings. The van der Waals surface area contributed by atoms with Crippen LogP contribution in [0.1, 0.15) is 13.8 Å². The van der Waals surface area contributed by atoms with Gasteiger partial charge >= 0.3 is 0 Å². The number of thiophene rings is 1. The molecule has 0 fully saturated rings. The molecule has 0 unspecified atom stereocenters. The van der Waals surface area contributed by atoms with E-state index in [1.807, 2.05) is 36.5 Å². The van der Waals surface area contributed by atoms with E-state index >= 15 is 0 Å². The van der Waals surface area contributed by atoms with Crippen LogP contribution in [0.3, 0.4) is 0 Å². The number of nitrogens with zero attached hydrogens (tertiary/aromatic N) is 1. The second-order valence-corrected chi connectivity index (χ2v) is 5.61. The quantitative estimate of drug-likeness (QED) is 0.311. The van der Waals surface area contributed by atoms with Gasteiger partial charge in [-0.3, -0.25) is 4.79 Å². The van der Waals surface area contributed by atoms with E-state index in [1.165, 1.54) is 30.0 Å². The molecule has 1 N–H and O–H groups in total. The fourth-order valence-corrected chi connectivity index (χ4v) is 2.73. The SMILES string of the molecule is CC(=O)/C=C(/C)O.[Ir].[c-]1ccccc1-c1nccc2sccc12. The summed E-state index contributed by atoms with van der Waals surface area (Å²) in [7, 11) is 0. The number of carbonyl (C=O) groups excluding carboxylic acids is 1. The van der Waals surface area contributed by atoms with Crippen LogP contribution in [-0.2, 0) is 24.9 Å². The predicted molar refractivity (Wildman–Crippen MR) is 91.0 cm³/mol. The number of hydrogen-bond acceptors (Lipinski definition) is 4. The van der Waals surface area contributed by atoms with Crippen molar-refractivity contribution < 1.29 is 30.0 Å². The molecule has 1 aromatic carbocycles. The van der Waals surface area contributed by atoms with Crippen molar-refractivity contribution in [3.8, 4) is 11.3 Å².